The summed E-state index contributed by atoms with van der Waals surface area (Å²) >= 11 is 0. The van der Waals surface area contributed by atoms with Gasteiger partial charge in [0.2, 0.25) is 10.0 Å². The van der Waals surface area contributed by atoms with E-state index in [0.717, 1.165) is 18.8 Å². The van der Waals surface area contributed by atoms with Crippen molar-refractivity contribution in [3.8, 4) is 0 Å². The Bertz CT molecular complexity index is 590. The fourth-order valence-corrected chi connectivity index (χ4v) is 3.34. The highest BCUT2D eigenvalue weighted by Crippen LogP contribution is 2.31. The monoisotopic (exact) mass is 298 g/mol. The number of primary sulfonamides is 1. The minimum Gasteiger partial charge on any atom is -0.396 e. The summed E-state index contributed by atoms with van der Waals surface area (Å²) in [5, 5.41) is 5.20. The molecular formula is C13H22N4O2S. The van der Waals surface area contributed by atoms with Gasteiger partial charge in [-0.2, -0.15) is 0 Å². The topological polar surface area (TPSA) is 92.7 Å². The molecule has 4 N–H and O–H groups in total. The van der Waals surface area contributed by atoms with Crippen LogP contribution in [0.4, 0.5) is 11.4 Å². The number of hydrogen-bond donors (Lipinski definition) is 2. The van der Waals surface area contributed by atoms with Gasteiger partial charge >= 0.3 is 0 Å². The van der Waals surface area contributed by atoms with Gasteiger partial charge in [-0.25, -0.2) is 13.6 Å². The summed E-state index contributed by atoms with van der Waals surface area (Å²) in [5.41, 5.74) is 6.99. The molecule has 1 aromatic rings. The zero-order valence-electron chi connectivity index (χ0n) is 12.1. The maximum absolute atomic E-state index is 11.5. The summed E-state index contributed by atoms with van der Waals surface area (Å²) in [7, 11) is -1.70. The van der Waals surface area contributed by atoms with Crippen molar-refractivity contribution in [2.24, 2.45) is 5.14 Å². The van der Waals surface area contributed by atoms with Gasteiger partial charge in [0.1, 0.15) is 4.90 Å². The van der Waals surface area contributed by atoms with Crippen molar-refractivity contribution >= 4 is 21.4 Å². The van der Waals surface area contributed by atoms with Crippen molar-refractivity contribution < 1.29 is 8.42 Å². The number of anilines is 2. The average molecular weight is 298 g/mol. The number of nitrogen functional groups attached to an aromatic ring is 1. The van der Waals surface area contributed by atoms with Crippen LogP contribution in [0.1, 0.15) is 13.8 Å². The van der Waals surface area contributed by atoms with Gasteiger partial charge in [0.05, 0.1) is 11.4 Å². The van der Waals surface area contributed by atoms with Gasteiger partial charge in [-0.05, 0) is 33.0 Å². The van der Waals surface area contributed by atoms with Crippen LogP contribution in [-0.2, 0) is 10.0 Å². The molecule has 7 heteroatoms. The second-order valence-corrected chi connectivity index (χ2v) is 7.03. The van der Waals surface area contributed by atoms with E-state index in [4.69, 9.17) is 10.9 Å². The van der Waals surface area contributed by atoms with Crippen LogP contribution in [0.2, 0.25) is 0 Å². The number of hydrogen-bond acceptors (Lipinski definition) is 5. The van der Waals surface area contributed by atoms with E-state index in [1.54, 1.807) is 6.07 Å². The van der Waals surface area contributed by atoms with Crippen LogP contribution in [0.25, 0.3) is 0 Å². The molecule has 0 radical (unpaired) electrons. The van der Waals surface area contributed by atoms with Crippen molar-refractivity contribution in [2.45, 2.75) is 30.8 Å². The molecule has 6 nitrogen and oxygen atoms in total. The van der Waals surface area contributed by atoms with Crippen LogP contribution in [0.3, 0.4) is 0 Å². The number of sulfonamides is 1. The average Bonchev–Trinajstić information content (AvgIpc) is 2.34. The first-order valence-corrected chi connectivity index (χ1v) is 8.14. The fourth-order valence-electron chi connectivity index (χ4n) is 2.66. The molecule has 0 bridgehead atoms. The van der Waals surface area contributed by atoms with E-state index < -0.39 is 10.0 Å². The molecule has 1 saturated heterocycles. The molecule has 1 aliphatic rings. The van der Waals surface area contributed by atoms with Crippen LogP contribution < -0.4 is 15.8 Å². The zero-order valence-corrected chi connectivity index (χ0v) is 12.9. The summed E-state index contributed by atoms with van der Waals surface area (Å²) in [4.78, 5) is 4.42. The van der Waals surface area contributed by atoms with Crippen LogP contribution in [0.15, 0.2) is 23.1 Å². The largest absolute Gasteiger partial charge is 0.396 e. The number of piperazine rings is 1. The van der Waals surface area contributed by atoms with Crippen LogP contribution in [0, 0.1) is 0 Å². The molecule has 0 saturated carbocycles. The van der Waals surface area contributed by atoms with Gasteiger partial charge in [-0.1, -0.05) is 6.07 Å². The van der Waals surface area contributed by atoms with Crippen LogP contribution >= 0.6 is 0 Å². The zero-order chi connectivity index (χ0) is 15.1. The molecule has 0 aromatic heterocycles. The lowest BCUT2D eigenvalue weighted by Gasteiger charge is -2.43. The van der Waals surface area contributed by atoms with Crippen LogP contribution in [-0.4, -0.2) is 45.5 Å². The molecule has 0 aliphatic carbocycles. The predicted octanol–water partition coefficient (Wildman–Crippen LogP) is 0.445. The smallest absolute Gasteiger partial charge is 0.240 e. The van der Waals surface area contributed by atoms with Gasteiger partial charge < -0.3 is 10.6 Å². The molecule has 0 amide bonds. The molecule has 1 fully saturated rings. The summed E-state index contributed by atoms with van der Waals surface area (Å²) in [6, 6.07) is 5.71. The molecule has 2 atom stereocenters. The van der Waals surface area contributed by atoms with E-state index in [1.807, 2.05) is 6.07 Å². The Morgan fingerprint density at radius 3 is 2.25 bits per heavy atom. The Hall–Kier alpha value is -1.31. The van der Waals surface area contributed by atoms with Gasteiger partial charge in [-0.15, -0.1) is 0 Å². The highest BCUT2D eigenvalue weighted by molar-refractivity contribution is 7.89. The highest BCUT2D eigenvalue weighted by Gasteiger charge is 2.28. The summed E-state index contributed by atoms with van der Waals surface area (Å²) in [5.74, 6) is 0. The van der Waals surface area contributed by atoms with Gasteiger partial charge in [-0.3, -0.25) is 4.90 Å². The van der Waals surface area contributed by atoms with E-state index in [-0.39, 0.29) is 10.6 Å². The molecule has 1 heterocycles. The van der Waals surface area contributed by atoms with Crippen molar-refractivity contribution in [3.63, 3.8) is 0 Å². The lowest BCUT2D eigenvalue weighted by atomic mass is 10.1. The van der Waals surface area contributed by atoms with E-state index in [2.05, 4.69) is 30.7 Å². The van der Waals surface area contributed by atoms with E-state index >= 15 is 0 Å². The summed E-state index contributed by atoms with van der Waals surface area (Å²) < 4.78 is 23.1. The van der Waals surface area contributed by atoms with E-state index in [0.29, 0.717) is 12.1 Å². The lowest BCUT2D eigenvalue weighted by molar-refractivity contribution is 0.170. The second-order valence-electron chi connectivity index (χ2n) is 5.50. The predicted molar refractivity (Wildman–Crippen MR) is 81.1 cm³/mol. The number of nitrogens with two attached hydrogens (primary N) is 2. The number of para-hydroxylation sites is 1. The normalized spacial score (nSPS) is 24.9. The van der Waals surface area contributed by atoms with Crippen molar-refractivity contribution in [1.82, 2.24) is 4.90 Å². The Morgan fingerprint density at radius 1 is 1.20 bits per heavy atom. The number of likely N-dealkylation sites (N-methyl/N-ethyl adjacent to an activating group) is 1. The quantitative estimate of drug-likeness (QED) is 0.773. The van der Waals surface area contributed by atoms with Crippen molar-refractivity contribution in [1.29, 1.82) is 0 Å². The Balaban J connectivity index is 2.39. The number of benzene rings is 1. The lowest BCUT2D eigenvalue weighted by Crippen LogP contribution is -2.55. The molecule has 0 spiro atoms. The number of nitrogens with zero attached hydrogens (tertiary/aromatic N) is 2. The Morgan fingerprint density at radius 2 is 1.75 bits per heavy atom. The Labute approximate surface area is 120 Å². The van der Waals surface area contributed by atoms with Crippen molar-refractivity contribution in [2.75, 3.05) is 30.8 Å². The molecule has 20 heavy (non-hydrogen) atoms. The molecule has 1 aromatic carbocycles. The molecule has 1 aliphatic heterocycles. The van der Waals surface area contributed by atoms with Gasteiger partial charge in [0.15, 0.2) is 0 Å². The molecular weight excluding hydrogens is 276 g/mol. The third kappa shape index (κ3) is 2.74. The molecule has 112 valence electrons. The Kier molecular flexibility index (Phi) is 3.95. The van der Waals surface area contributed by atoms with E-state index in [9.17, 15) is 8.42 Å². The first kappa shape index (κ1) is 15.1. The molecule has 2 rings (SSSR count). The standard InChI is InChI=1S/C13H22N4O2S/c1-9-7-17(8-10(2)16(9)3)11-5-4-6-12(13(11)14)20(15,18)19/h4-6,9-10H,7-8,14H2,1-3H3,(H2,15,18,19). The van der Waals surface area contributed by atoms with E-state index in [1.165, 1.54) is 6.07 Å². The first-order valence-electron chi connectivity index (χ1n) is 6.60. The van der Waals surface area contributed by atoms with Crippen LogP contribution in [0.5, 0.6) is 0 Å². The first-order chi connectivity index (χ1) is 9.21. The third-order valence-corrected chi connectivity index (χ3v) is 5.02. The summed E-state index contributed by atoms with van der Waals surface area (Å²) in [6.45, 7) is 5.89. The fraction of sp³-hybridized carbons (Fsp3) is 0.538. The van der Waals surface area contributed by atoms with Gasteiger partial charge in [0.25, 0.3) is 0 Å². The number of rotatable bonds is 2. The maximum Gasteiger partial charge on any atom is 0.240 e. The van der Waals surface area contributed by atoms with Crippen molar-refractivity contribution in [3.05, 3.63) is 18.2 Å². The second kappa shape index (κ2) is 5.23. The minimum atomic E-state index is -3.79. The SMILES string of the molecule is CC1CN(c2cccc(S(N)(=O)=O)c2N)CC(C)N1C. The third-order valence-electron chi connectivity index (χ3n) is 4.05. The minimum absolute atomic E-state index is 0.00534. The molecule has 2 unspecified atom stereocenters. The maximum atomic E-state index is 11.5. The highest BCUT2D eigenvalue weighted by atomic mass is 32.2. The summed E-state index contributed by atoms with van der Waals surface area (Å²) in [6.07, 6.45) is 0. The van der Waals surface area contributed by atoms with Gasteiger partial charge in [0, 0.05) is 25.2 Å².